The third kappa shape index (κ3) is 4.38. The lowest BCUT2D eigenvalue weighted by molar-refractivity contribution is -0.117. The van der Waals surface area contributed by atoms with Crippen molar-refractivity contribution in [2.45, 2.75) is 52.0 Å². The monoisotopic (exact) mass is 364 g/mol. The maximum atomic E-state index is 12.6. The van der Waals surface area contributed by atoms with E-state index in [1.54, 1.807) is 17.0 Å². The van der Waals surface area contributed by atoms with Crippen LogP contribution >= 0.6 is 0 Å². The molecule has 142 valence electrons. The number of nitrogens with one attached hydrogen (secondary N) is 1. The van der Waals surface area contributed by atoms with Crippen molar-refractivity contribution < 1.29 is 9.59 Å². The van der Waals surface area contributed by atoms with E-state index in [2.05, 4.69) is 50.4 Å². The van der Waals surface area contributed by atoms with Gasteiger partial charge in [0.2, 0.25) is 5.91 Å². The van der Waals surface area contributed by atoms with Crippen LogP contribution in [-0.2, 0) is 10.2 Å². The molecule has 1 N–H and O–H groups in total. The lowest BCUT2D eigenvalue weighted by Gasteiger charge is -2.21. The molecule has 4 heteroatoms. The second kappa shape index (κ2) is 7.55. The Labute approximate surface area is 161 Å². The molecule has 2 aromatic carbocycles. The van der Waals surface area contributed by atoms with E-state index in [-0.39, 0.29) is 23.3 Å². The minimum Gasteiger partial charge on any atom is -0.346 e. The summed E-state index contributed by atoms with van der Waals surface area (Å²) in [5.41, 5.74) is 3.93. The first-order chi connectivity index (χ1) is 12.8. The van der Waals surface area contributed by atoms with Crippen molar-refractivity contribution >= 4 is 17.5 Å². The molecule has 1 heterocycles. The van der Waals surface area contributed by atoms with Crippen LogP contribution in [0.5, 0.6) is 0 Å². The molecule has 1 fully saturated rings. The van der Waals surface area contributed by atoms with Gasteiger partial charge in [0.15, 0.2) is 0 Å². The highest BCUT2D eigenvalue weighted by atomic mass is 16.2. The highest BCUT2D eigenvalue weighted by Crippen LogP contribution is 2.24. The smallest absolute Gasteiger partial charge is 0.251 e. The fraction of sp³-hybridized carbons (Fsp3) is 0.391. The van der Waals surface area contributed by atoms with Gasteiger partial charge in [-0.15, -0.1) is 0 Å². The fourth-order valence-corrected chi connectivity index (χ4v) is 3.35. The van der Waals surface area contributed by atoms with Gasteiger partial charge in [0.05, 0.1) is 6.04 Å². The molecule has 0 radical (unpaired) electrons. The van der Waals surface area contributed by atoms with E-state index < -0.39 is 0 Å². The SMILES string of the molecule is CC(NC(=O)c1ccc(N2CCCC2=O)cc1)c1ccc(C(C)(C)C)cc1. The first-order valence-electron chi connectivity index (χ1n) is 9.57. The van der Waals surface area contributed by atoms with E-state index in [1.807, 2.05) is 19.1 Å². The molecule has 1 atom stereocenters. The number of carbonyl (C=O) groups is 2. The topological polar surface area (TPSA) is 49.4 Å². The minimum absolute atomic E-state index is 0.0774. The molecule has 1 saturated heterocycles. The zero-order valence-electron chi connectivity index (χ0n) is 16.6. The zero-order chi connectivity index (χ0) is 19.6. The highest BCUT2D eigenvalue weighted by molar-refractivity contribution is 5.97. The number of nitrogens with zero attached hydrogens (tertiary/aromatic N) is 1. The largest absolute Gasteiger partial charge is 0.346 e. The van der Waals surface area contributed by atoms with Crippen LogP contribution in [0.15, 0.2) is 48.5 Å². The summed E-state index contributed by atoms with van der Waals surface area (Å²) in [6.45, 7) is 9.30. The minimum atomic E-state index is -0.110. The number of carbonyl (C=O) groups excluding carboxylic acids is 2. The Morgan fingerprint density at radius 1 is 1.04 bits per heavy atom. The molecule has 2 amide bonds. The van der Waals surface area contributed by atoms with Gasteiger partial charge in [0, 0.05) is 24.2 Å². The average Bonchev–Trinajstić information content (AvgIpc) is 3.07. The third-order valence-corrected chi connectivity index (χ3v) is 5.14. The van der Waals surface area contributed by atoms with Gasteiger partial charge in [-0.2, -0.15) is 0 Å². The van der Waals surface area contributed by atoms with Crippen LogP contribution < -0.4 is 10.2 Å². The van der Waals surface area contributed by atoms with Crippen molar-refractivity contribution in [1.29, 1.82) is 0 Å². The van der Waals surface area contributed by atoms with Crippen molar-refractivity contribution in [2.75, 3.05) is 11.4 Å². The summed E-state index contributed by atoms with van der Waals surface area (Å²) in [5, 5.41) is 3.05. The van der Waals surface area contributed by atoms with Crippen molar-refractivity contribution in [3.63, 3.8) is 0 Å². The molecule has 0 bridgehead atoms. The third-order valence-electron chi connectivity index (χ3n) is 5.14. The molecule has 3 rings (SSSR count). The molecule has 0 saturated carbocycles. The summed E-state index contributed by atoms with van der Waals surface area (Å²) in [5.74, 6) is 0.0428. The van der Waals surface area contributed by atoms with E-state index in [0.717, 1.165) is 24.2 Å². The molecular weight excluding hydrogens is 336 g/mol. The van der Waals surface area contributed by atoms with E-state index in [1.165, 1.54) is 5.56 Å². The van der Waals surface area contributed by atoms with E-state index in [0.29, 0.717) is 12.0 Å². The molecule has 1 aliphatic heterocycles. The quantitative estimate of drug-likeness (QED) is 0.862. The van der Waals surface area contributed by atoms with Crippen LogP contribution in [0.1, 0.15) is 68.1 Å². The van der Waals surface area contributed by atoms with Gasteiger partial charge >= 0.3 is 0 Å². The van der Waals surface area contributed by atoms with Crippen LogP contribution in [0.3, 0.4) is 0 Å². The number of hydrogen-bond acceptors (Lipinski definition) is 2. The predicted molar refractivity (Wildman–Crippen MR) is 109 cm³/mol. The number of rotatable bonds is 4. The molecular formula is C23H28N2O2. The van der Waals surface area contributed by atoms with Crippen LogP contribution in [0, 0.1) is 0 Å². The first kappa shape index (κ1) is 19.2. The van der Waals surface area contributed by atoms with Gasteiger partial charge in [-0.05, 0) is 54.2 Å². The standard InChI is InChI=1S/C23H28N2O2/c1-16(17-7-11-19(12-8-17)23(2,3)4)24-22(27)18-9-13-20(14-10-18)25-15-5-6-21(25)26/h7-14,16H,5-6,15H2,1-4H3,(H,24,27). The summed E-state index contributed by atoms with van der Waals surface area (Å²) in [7, 11) is 0. The summed E-state index contributed by atoms with van der Waals surface area (Å²) >= 11 is 0. The Hall–Kier alpha value is -2.62. The lowest BCUT2D eigenvalue weighted by atomic mass is 9.86. The predicted octanol–water partition coefficient (Wildman–Crippen LogP) is 4.60. The Bertz CT molecular complexity index is 817. The summed E-state index contributed by atoms with van der Waals surface area (Å²) < 4.78 is 0. The second-order valence-corrected chi connectivity index (χ2v) is 8.26. The fourth-order valence-electron chi connectivity index (χ4n) is 3.35. The summed E-state index contributed by atoms with van der Waals surface area (Å²) in [4.78, 5) is 26.2. The van der Waals surface area contributed by atoms with Crippen LogP contribution in [0.25, 0.3) is 0 Å². The van der Waals surface area contributed by atoms with Crippen LogP contribution in [0.2, 0.25) is 0 Å². The van der Waals surface area contributed by atoms with Crippen molar-refractivity contribution in [1.82, 2.24) is 5.32 Å². The van der Waals surface area contributed by atoms with Crippen molar-refractivity contribution in [2.24, 2.45) is 0 Å². The van der Waals surface area contributed by atoms with Gasteiger partial charge < -0.3 is 10.2 Å². The van der Waals surface area contributed by atoms with Gasteiger partial charge in [-0.25, -0.2) is 0 Å². The maximum Gasteiger partial charge on any atom is 0.251 e. The van der Waals surface area contributed by atoms with Gasteiger partial charge in [0.25, 0.3) is 5.91 Å². The van der Waals surface area contributed by atoms with Crippen LogP contribution in [0.4, 0.5) is 5.69 Å². The van der Waals surface area contributed by atoms with Crippen molar-refractivity contribution in [3.8, 4) is 0 Å². The zero-order valence-corrected chi connectivity index (χ0v) is 16.6. The molecule has 0 aliphatic carbocycles. The number of hydrogen-bond donors (Lipinski definition) is 1. The second-order valence-electron chi connectivity index (χ2n) is 8.26. The first-order valence-corrected chi connectivity index (χ1v) is 9.57. The molecule has 4 nitrogen and oxygen atoms in total. The van der Waals surface area contributed by atoms with E-state index in [9.17, 15) is 9.59 Å². The molecule has 1 aliphatic rings. The normalized spacial score (nSPS) is 15.7. The lowest BCUT2D eigenvalue weighted by Crippen LogP contribution is -2.27. The highest BCUT2D eigenvalue weighted by Gasteiger charge is 2.22. The van der Waals surface area contributed by atoms with Crippen LogP contribution in [-0.4, -0.2) is 18.4 Å². The van der Waals surface area contributed by atoms with Gasteiger partial charge in [0.1, 0.15) is 0 Å². The number of anilines is 1. The molecule has 27 heavy (non-hydrogen) atoms. The number of amides is 2. The van der Waals surface area contributed by atoms with Gasteiger partial charge in [-0.3, -0.25) is 9.59 Å². The maximum absolute atomic E-state index is 12.6. The summed E-state index contributed by atoms with van der Waals surface area (Å²) in [6, 6.07) is 15.6. The number of benzene rings is 2. The Morgan fingerprint density at radius 3 is 2.19 bits per heavy atom. The van der Waals surface area contributed by atoms with E-state index in [4.69, 9.17) is 0 Å². The Kier molecular flexibility index (Phi) is 5.36. The Balaban J connectivity index is 1.65. The molecule has 0 aromatic heterocycles. The molecule has 1 unspecified atom stereocenters. The molecule has 2 aromatic rings. The van der Waals surface area contributed by atoms with Gasteiger partial charge in [-0.1, -0.05) is 45.0 Å². The van der Waals surface area contributed by atoms with Crippen molar-refractivity contribution in [3.05, 3.63) is 65.2 Å². The Morgan fingerprint density at radius 2 is 1.67 bits per heavy atom. The van der Waals surface area contributed by atoms with E-state index >= 15 is 0 Å². The molecule has 0 spiro atoms. The average molecular weight is 364 g/mol. The summed E-state index contributed by atoms with van der Waals surface area (Å²) in [6.07, 6.45) is 1.50.